The zero-order valence-electron chi connectivity index (χ0n) is 13.8. The Kier molecular flexibility index (Phi) is 6.13. The van der Waals surface area contributed by atoms with Gasteiger partial charge in [-0.05, 0) is 31.2 Å². The lowest BCUT2D eigenvalue weighted by molar-refractivity contribution is -0.115. The van der Waals surface area contributed by atoms with Gasteiger partial charge in [0.1, 0.15) is 11.5 Å². The van der Waals surface area contributed by atoms with E-state index in [1.807, 2.05) is 0 Å². The van der Waals surface area contributed by atoms with Crippen LogP contribution in [0, 0.1) is 6.92 Å². The van der Waals surface area contributed by atoms with E-state index in [1.165, 1.54) is 11.8 Å². The number of carbonyl (C=O) groups excluding carboxylic acids is 1. The summed E-state index contributed by atoms with van der Waals surface area (Å²) in [6.45, 7) is 1.91. The molecule has 0 radical (unpaired) electrons. The van der Waals surface area contributed by atoms with Crippen LogP contribution in [0.15, 0.2) is 44.5 Å². The number of nitrogens with one attached hydrogen (secondary N) is 1. The highest BCUT2D eigenvalue weighted by Crippen LogP contribution is 2.20. The van der Waals surface area contributed by atoms with Crippen molar-refractivity contribution >= 4 is 35.1 Å². The van der Waals surface area contributed by atoms with E-state index in [1.54, 1.807) is 37.3 Å². The van der Waals surface area contributed by atoms with Crippen molar-refractivity contribution in [3.8, 4) is 5.75 Å². The lowest BCUT2D eigenvalue weighted by Gasteiger charge is -2.02. The number of aryl methyl sites for hydroxylation is 1. The van der Waals surface area contributed by atoms with Crippen LogP contribution >= 0.6 is 23.4 Å². The van der Waals surface area contributed by atoms with Crippen LogP contribution in [0.1, 0.15) is 18.1 Å². The van der Waals surface area contributed by atoms with Crippen LogP contribution in [-0.2, 0) is 11.4 Å². The van der Waals surface area contributed by atoms with E-state index in [9.17, 15) is 4.79 Å². The molecule has 0 spiro atoms. The van der Waals surface area contributed by atoms with Crippen LogP contribution in [0.2, 0.25) is 5.02 Å². The number of hydrogen-bond acceptors (Lipinski definition) is 8. The van der Waals surface area contributed by atoms with Gasteiger partial charge in [-0.1, -0.05) is 28.5 Å². The Labute approximate surface area is 158 Å². The molecule has 0 aliphatic heterocycles. The highest BCUT2D eigenvalue weighted by Gasteiger charge is 2.10. The fourth-order valence-corrected chi connectivity index (χ4v) is 2.73. The summed E-state index contributed by atoms with van der Waals surface area (Å²) in [4.78, 5) is 11.8. The number of aromatic nitrogens is 3. The SMILES string of the molecule is Cc1cc(NC(=O)CCSc2nnc(COc3ccc(Cl)cc3)o2)no1. The van der Waals surface area contributed by atoms with Gasteiger partial charge in [-0.25, -0.2) is 0 Å². The lowest BCUT2D eigenvalue weighted by atomic mass is 10.3. The summed E-state index contributed by atoms with van der Waals surface area (Å²) in [6.07, 6.45) is 0.273. The van der Waals surface area contributed by atoms with Gasteiger partial charge in [-0.3, -0.25) is 4.79 Å². The lowest BCUT2D eigenvalue weighted by Crippen LogP contribution is -2.12. The first-order chi connectivity index (χ1) is 12.6. The molecule has 2 heterocycles. The summed E-state index contributed by atoms with van der Waals surface area (Å²) in [5.41, 5.74) is 0. The van der Waals surface area contributed by atoms with Crippen LogP contribution in [0.3, 0.4) is 0 Å². The van der Waals surface area contributed by atoms with E-state index in [0.717, 1.165) is 0 Å². The van der Waals surface area contributed by atoms with Gasteiger partial charge < -0.3 is 19.0 Å². The largest absolute Gasteiger partial charge is 0.484 e. The molecule has 0 bridgehead atoms. The second-order valence-electron chi connectivity index (χ2n) is 5.17. The van der Waals surface area contributed by atoms with Crippen molar-refractivity contribution in [1.29, 1.82) is 0 Å². The first kappa shape index (κ1) is 18.3. The van der Waals surface area contributed by atoms with Gasteiger partial charge in [-0.15, -0.1) is 10.2 Å². The highest BCUT2D eigenvalue weighted by molar-refractivity contribution is 7.99. The molecule has 10 heteroatoms. The fraction of sp³-hybridized carbons (Fsp3) is 0.250. The van der Waals surface area contributed by atoms with Gasteiger partial charge in [0.25, 0.3) is 11.1 Å². The summed E-state index contributed by atoms with van der Waals surface area (Å²) in [7, 11) is 0. The predicted molar refractivity (Wildman–Crippen MR) is 95.3 cm³/mol. The van der Waals surface area contributed by atoms with E-state index < -0.39 is 0 Å². The summed E-state index contributed by atoms with van der Waals surface area (Å²) in [5, 5.41) is 15.2. The molecule has 0 saturated heterocycles. The number of anilines is 1. The predicted octanol–water partition coefficient (Wildman–Crippen LogP) is 3.72. The second-order valence-corrected chi connectivity index (χ2v) is 6.66. The molecule has 3 rings (SSSR count). The van der Waals surface area contributed by atoms with Crippen LogP contribution in [0.5, 0.6) is 5.75 Å². The standard InChI is InChI=1S/C16H15ClN4O4S/c1-10-8-13(21-25-10)18-14(22)6-7-26-16-20-19-15(24-16)9-23-12-4-2-11(17)3-5-12/h2-5,8H,6-7,9H2,1H3,(H,18,21,22). The van der Waals surface area contributed by atoms with Gasteiger partial charge in [-0.2, -0.15) is 0 Å². The Balaban J connectivity index is 1.39. The third kappa shape index (κ3) is 5.50. The number of ether oxygens (including phenoxy) is 1. The minimum absolute atomic E-state index is 0.154. The molecule has 26 heavy (non-hydrogen) atoms. The van der Waals surface area contributed by atoms with E-state index in [0.29, 0.717) is 39.2 Å². The van der Waals surface area contributed by atoms with Crippen molar-refractivity contribution in [2.75, 3.05) is 11.1 Å². The molecule has 0 aliphatic carbocycles. The van der Waals surface area contributed by atoms with E-state index >= 15 is 0 Å². The Hall–Kier alpha value is -2.52. The molecule has 136 valence electrons. The molecule has 0 fully saturated rings. The molecule has 3 aromatic rings. The number of carbonyl (C=O) groups is 1. The van der Waals surface area contributed by atoms with Gasteiger partial charge in [0.2, 0.25) is 5.91 Å². The second kappa shape index (κ2) is 8.72. The van der Waals surface area contributed by atoms with Crippen molar-refractivity contribution in [1.82, 2.24) is 15.4 Å². The Morgan fingerprint density at radius 2 is 2.12 bits per heavy atom. The Morgan fingerprint density at radius 3 is 2.85 bits per heavy atom. The average Bonchev–Trinajstić information content (AvgIpc) is 3.23. The molecule has 1 amide bonds. The molecule has 0 unspecified atom stereocenters. The van der Waals surface area contributed by atoms with Crippen molar-refractivity contribution in [3.05, 3.63) is 47.0 Å². The van der Waals surface area contributed by atoms with Crippen LogP contribution in [0.4, 0.5) is 5.82 Å². The average molecular weight is 395 g/mol. The number of amides is 1. The summed E-state index contributed by atoms with van der Waals surface area (Å²) in [6, 6.07) is 8.62. The third-order valence-corrected chi connectivity index (χ3v) is 4.15. The van der Waals surface area contributed by atoms with Gasteiger partial charge in [0, 0.05) is 23.3 Å². The topological polar surface area (TPSA) is 103 Å². The first-order valence-corrected chi connectivity index (χ1v) is 9.01. The van der Waals surface area contributed by atoms with Crippen LogP contribution in [-0.4, -0.2) is 27.0 Å². The van der Waals surface area contributed by atoms with E-state index in [4.69, 9.17) is 25.3 Å². The quantitative estimate of drug-likeness (QED) is 0.576. The minimum Gasteiger partial charge on any atom is -0.484 e. The summed E-state index contributed by atoms with van der Waals surface area (Å²) < 4.78 is 15.9. The van der Waals surface area contributed by atoms with Gasteiger partial charge >= 0.3 is 0 Å². The van der Waals surface area contributed by atoms with Crippen molar-refractivity contribution in [2.24, 2.45) is 0 Å². The number of hydrogen-bond donors (Lipinski definition) is 1. The highest BCUT2D eigenvalue weighted by atomic mass is 35.5. The van der Waals surface area contributed by atoms with Crippen LogP contribution in [0.25, 0.3) is 0 Å². The maximum absolute atomic E-state index is 11.8. The molecule has 0 aliphatic rings. The number of rotatable bonds is 8. The Bertz CT molecular complexity index is 865. The molecule has 1 N–H and O–H groups in total. The zero-order chi connectivity index (χ0) is 18.4. The number of nitrogens with zero attached hydrogens (tertiary/aromatic N) is 3. The molecular weight excluding hydrogens is 380 g/mol. The van der Waals surface area contributed by atoms with Crippen molar-refractivity contribution in [3.63, 3.8) is 0 Å². The zero-order valence-corrected chi connectivity index (χ0v) is 15.3. The van der Waals surface area contributed by atoms with Gasteiger partial charge in [0.15, 0.2) is 12.4 Å². The number of thioether (sulfide) groups is 1. The molecular formula is C16H15ClN4O4S. The third-order valence-electron chi connectivity index (χ3n) is 3.07. The fourth-order valence-electron chi connectivity index (χ4n) is 1.89. The smallest absolute Gasteiger partial charge is 0.276 e. The monoisotopic (exact) mass is 394 g/mol. The van der Waals surface area contributed by atoms with Crippen LogP contribution < -0.4 is 10.1 Å². The Morgan fingerprint density at radius 1 is 1.31 bits per heavy atom. The molecule has 0 atom stereocenters. The molecule has 8 nitrogen and oxygen atoms in total. The molecule has 0 saturated carbocycles. The van der Waals surface area contributed by atoms with Gasteiger partial charge in [0.05, 0.1) is 0 Å². The summed E-state index contributed by atoms with van der Waals surface area (Å²) >= 11 is 7.10. The summed E-state index contributed by atoms with van der Waals surface area (Å²) in [5.74, 6) is 2.36. The van der Waals surface area contributed by atoms with Crippen molar-refractivity contribution in [2.45, 2.75) is 25.2 Å². The molecule has 1 aromatic carbocycles. The van der Waals surface area contributed by atoms with E-state index in [-0.39, 0.29) is 18.9 Å². The number of halogens is 1. The maximum atomic E-state index is 11.8. The van der Waals surface area contributed by atoms with Crippen molar-refractivity contribution < 1.29 is 18.5 Å². The normalized spacial score (nSPS) is 10.7. The van der Waals surface area contributed by atoms with E-state index in [2.05, 4.69) is 20.7 Å². The maximum Gasteiger partial charge on any atom is 0.276 e. The number of benzene rings is 1. The first-order valence-electron chi connectivity index (χ1n) is 7.65. The minimum atomic E-state index is -0.170. The molecule has 2 aromatic heterocycles.